The fourth-order valence-corrected chi connectivity index (χ4v) is 4.19. The molecule has 0 aliphatic heterocycles. The van der Waals surface area contributed by atoms with Crippen molar-refractivity contribution in [2.75, 3.05) is 13.1 Å². The van der Waals surface area contributed by atoms with Crippen LogP contribution < -0.4 is 21.7 Å². The highest BCUT2D eigenvalue weighted by molar-refractivity contribution is 5.90. The van der Waals surface area contributed by atoms with Gasteiger partial charge in [-0.15, -0.1) is 0 Å². The van der Waals surface area contributed by atoms with E-state index in [4.69, 9.17) is 10.5 Å². The van der Waals surface area contributed by atoms with Crippen LogP contribution in [0.1, 0.15) is 58.6 Å². The summed E-state index contributed by atoms with van der Waals surface area (Å²) < 4.78 is 5.22. The number of hydrogen-bond acceptors (Lipinski definition) is 6. The van der Waals surface area contributed by atoms with Crippen LogP contribution in [0.3, 0.4) is 0 Å². The number of nitrogens with one attached hydrogen (secondary N) is 3. The van der Waals surface area contributed by atoms with Crippen molar-refractivity contribution in [2.24, 2.45) is 11.7 Å². The number of urea groups is 1. The number of carbonyl (C=O) groups excluding carboxylic acids is 4. The summed E-state index contributed by atoms with van der Waals surface area (Å²) in [4.78, 5) is 52.4. The zero-order valence-corrected chi connectivity index (χ0v) is 25.8. The van der Waals surface area contributed by atoms with Gasteiger partial charge in [0.25, 0.3) is 0 Å². The lowest BCUT2D eigenvalue weighted by atomic mass is 9.99. The number of nitrogens with zero attached hydrogens (tertiary/aromatic N) is 1. The monoisotopic (exact) mass is 597 g/mol. The van der Waals surface area contributed by atoms with E-state index in [2.05, 4.69) is 16.0 Å². The van der Waals surface area contributed by atoms with Gasteiger partial charge in [0.2, 0.25) is 11.8 Å². The molecule has 2 rings (SSSR count). The van der Waals surface area contributed by atoms with Crippen LogP contribution in [0.4, 0.5) is 9.59 Å². The molecule has 0 aliphatic carbocycles. The van der Waals surface area contributed by atoms with Crippen molar-refractivity contribution in [3.8, 4) is 0 Å². The molecule has 0 radical (unpaired) electrons. The zero-order valence-electron chi connectivity index (χ0n) is 25.8. The minimum Gasteiger partial charge on any atom is -0.445 e. The first kappa shape index (κ1) is 35.1. The first-order valence-corrected chi connectivity index (χ1v) is 14.6. The summed E-state index contributed by atoms with van der Waals surface area (Å²) in [5.74, 6) is -1.20. The highest BCUT2D eigenvalue weighted by Crippen LogP contribution is 2.12. The van der Waals surface area contributed by atoms with Crippen LogP contribution >= 0.6 is 0 Å². The maximum absolute atomic E-state index is 13.4. The van der Waals surface area contributed by atoms with E-state index in [0.29, 0.717) is 12.5 Å². The van der Waals surface area contributed by atoms with E-state index >= 15 is 0 Å². The molecule has 0 fully saturated rings. The zero-order chi connectivity index (χ0) is 32.0. The normalized spacial score (nSPS) is 13.4. The van der Waals surface area contributed by atoms with Crippen LogP contribution in [-0.2, 0) is 27.4 Å². The second-order valence-corrected chi connectivity index (χ2v) is 12.1. The molecule has 0 aliphatic rings. The first-order valence-electron chi connectivity index (χ1n) is 14.6. The van der Waals surface area contributed by atoms with E-state index in [-0.39, 0.29) is 25.6 Å². The summed E-state index contributed by atoms with van der Waals surface area (Å²) in [5.41, 5.74) is 6.48. The molecule has 0 spiro atoms. The summed E-state index contributed by atoms with van der Waals surface area (Å²) in [6.07, 6.45) is -1.61. The third-order valence-electron chi connectivity index (χ3n) is 6.47. The molecule has 3 atom stereocenters. The Kier molecular flexibility index (Phi) is 14.0. The van der Waals surface area contributed by atoms with Gasteiger partial charge in [-0.25, -0.2) is 9.59 Å². The number of aliphatic hydroxyl groups is 1. The Morgan fingerprint density at radius 1 is 0.930 bits per heavy atom. The van der Waals surface area contributed by atoms with Gasteiger partial charge in [-0.2, -0.15) is 0 Å². The Morgan fingerprint density at radius 2 is 1.51 bits per heavy atom. The van der Waals surface area contributed by atoms with Gasteiger partial charge in [0.15, 0.2) is 0 Å². The van der Waals surface area contributed by atoms with E-state index < -0.39 is 48.1 Å². The van der Waals surface area contributed by atoms with Gasteiger partial charge in [0.05, 0.1) is 25.1 Å². The SMILES string of the molecule is CC(C)CCN(CC(O)[C@H](Cc1ccccc1)NC(=O)[C@H](CC(N)=O)NC(=O)OCc1ccccc1)C(=O)NC(C)(C)C. The van der Waals surface area contributed by atoms with Crippen molar-refractivity contribution in [1.82, 2.24) is 20.9 Å². The maximum atomic E-state index is 13.4. The number of amides is 5. The second kappa shape index (κ2) is 17.1. The van der Waals surface area contributed by atoms with Gasteiger partial charge in [-0.05, 0) is 50.7 Å². The minimum atomic E-state index is -1.34. The van der Waals surface area contributed by atoms with Crippen LogP contribution in [0.5, 0.6) is 0 Å². The predicted octanol–water partition coefficient (Wildman–Crippen LogP) is 3.10. The van der Waals surface area contributed by atoms with Crippen LogP contribution in [0.15, 0.2) is 60.7 Å². The molecule has 0 saturated heterocycles. The van der Waals surface area contributed by atoms with Gasteiger partial charge in [-0.1, -0.05) is 74.5 Å². The van der Waals surface area contributed by atoms with E-state index in [1.807, 2.05) is 71.0 Å². The molecular formula is C32H47N5O6. The number of hydrogen-bond donors (Lipinski definition) is 5. The number of carbonyl (C=O) groups is 4. The number of alkyl carbamates (subject to hydrolysis) is 1. The summed E-state index contributed by atoms with van der Waals surface area (Å²) in [6.45, 7) is 10.0. The lowest BCUT2D eigenvalue weighted by Crippen LogP contribution is -2.57. The third kappa shape index (κ3) is 14.1. The van der Waals surface area contributed by atoms with Crippen LogP contribution in [0, 0.1) is 5.92 Å². The van der Waals surface area contributed by atoms with Crippen molar-refractivity contribution >= 4 is 23.9 Å². The van der Waals surface area contributed by atoms with Crippen molar-refractivity contribution in [3.05, 3.63) is 71.8 Å². The quantitative estimate of drug-likeness (QED) is 0.212. The van der Waals surface area contributed by atoms with Gasteiger partial charge in [-0.3, -0.25) is 9.59 Å². The molecule has 5 amide bonds. The van der Waals surface area contributed by atoms with Crippen LogP contribution in [0.25, 0.3) is 0 Å². The molecular weight excluding hydrogens is 550 g/mol. The highest BCUT2D eigenvalue weighted by Gasteiger charge is 2.31. The fraction of sp³-hybridized carbons (Fsp3) is 0.500. The molecule has 43 heavy (non-hydrogen) atoms. The molecule has 0 heterocycles. The molecule has 0 aromatic heterocycles. The molecule has 6 N–H and O–H groups in total. The smallest absolute Gasteiger partial charge is 0.408 e. The van der Waals surface area contributed by atoms with E-state index in [9.17, 15) is 24.3 Å². The van der Waals surface area contributed by atoms with Crippen molar-refractivity contribution in [2.45, 2.75) is 84.2 Å². The molecule has 11 heteroatoms. The fourth-order valence-electron chi connectivity index (χ4n) is 4.19. The highest BCUT2D eigenvalue weighted by atomic mass is 16.5. The Labute approximate surface area is 254 Å². The van der Waals surface area contributed by atoms with Gasteiger partial charge >= 0.3 is 12.1 Å². The van der Waals surface area contributed by atoms with E-state index in [1.54, 1.807) is 29.2 Å². The largest absolute Gasteiger partial charge is 0.445 e. The van der Waals surface area contributed by atoms with Gasteiger partial charge in [0, 0.05) is 12.1 Å². The predicted molar refractivity (Wildman–Crippen MR) is 165 cm³/mol. The average Bonchev–Trinajstić information content (AvgIpc) is 2.93. The molecule has 2 aromatic rings. The van der Waals surface area contributed by atoms with E-state index in [1.165, 1.54) is 0 Å². The molecule has 11 nitrogen and oxygen atoms in total. The summed E-state index contributed by atoms with van der Waals surface area (Å²) >= 11 is 0. The number of primary amides is 1. The first-order chi connectivity index (χ1) is 20.2. The van der Waals surface area contributed by atoms with Crippen molar-refractivity contribution < 1.29 is 29.0 Å². The average molecular weight is 598 g/mol. The van der Waals surface area contributed by atoms with Crippen molar-refractivity contribution in [1.29, 1.82) is 0 Å². The van der Waals surface area contributed by atoms with Crippen LogP contribution in [-0.4, -0.2) is 70.8 Å². The standard InChI is InChI=1S/C32H47N5O6/c1-22(2)16-17-37(30(41)36-32(3,4)5)20-27(38)25(18-23-12-8-6-9-13-23)34-29(40)26(19-28(33)39)35-31(42)43-21-24-14-10-7-11-15-24/h6-15,22,25-27,38H,16-21H2,1-5H3,(H2,33,39)(H,34,40)(H,35,42)(H,36,41)/t25-,26-,27?/m0/s1. The Hall–Kier alpha value is -4.12. The molecule has 2 aromatic carbocycles. The van der Waals surface area contributed by atoms with Gasteiger partial charge < -0.3 is 36.4 Å². The minimum absolute atomic E-state index is 0.0320. The van der Waals surface area contributed by atoms with Crippen LogP contribution in [0.2, 0.25) is 0 Å². The lowest BCUT2D eigenvalue weighted by Gasteiger charge is -2.33. The summed E-state index contributed by atoms with van der Waals surface area (Å²) in [7, 11) is 0. The third-order valence-corrected chi connectivity index (χ3v) is 6.47. The Morgan fingerprint density at radius 3 is 2.05 bits per heavy atom. The number of ether oxygens (including phenoxy) is 1. The molecule has 236 valence electrons. The Balaban J connectivity index is 2.22. The summed E-state index contributed by atoms with van der Waals surface area (Å²) in [5, 5.41) is 19.6. The number of nitrogens with two attached hydrogens (primary N) is 1. The van der Waals surface area contributed by atoms with Crippen molar-refractivity contribution in [3.63, 3.8) is 0 Å². The number of benzene rings is 2. The second-order valence-electron chi connectivity index (χ2n) is 12.1. The molecule has 0 saturated carbocycles. The number of aliphatic hydroxyl groups excluding tert-OH is 1. The lowest BCUT2D eigenvalue weighted by molar-refractivity contribution is -0.128. The molecule has 1 unspecified atom stereocenters. The van der Waals surface area contributed by atoms with Gasteiger partial charge in [0.1, 0.15) is 12.6 Å². The summed E-state index contributed by atoms with van der Waals surface area (Å²) in [6, 6.07) is 15.7. The maximum Gasteiger partial charge on any atom is 0.408 e. The van der Waals surface area contributed by atoms with E-state index in [0.717, 1.165) is 17.5 Å². The number of rotatable bonds is 15. The topological polar surface area (TPSA) is 163 Å². The molecule has 0 bridgehead atoms. The Bertz CT molecular complexity index is 1170.